The van der Waals surface area contributed by atoms with Crippen LogP contribution in [0.4, 0.5) is 20.2 Å². The smallest absolute Gasteiger partial charge is 0.146 e. The normalized spacial score (nSPS) is 12.2. The van der Waals surface area contributed by atoms with Crippen LogP contribution in [0.3, 0.4) is 0 Å². The first-order valence-electron chi connectivity index (χ1n) is 6.54. The molecule has 0 aliphatic carbocycles. The zero-order valence-electron chi connectivity index (χ0n) is 11.5. The Kier molecular flexibility index (Phi) is 4.35. The summed E-state index contributed by atoms with van der Waals surface area (Å²) in [6.45, 7) is 3.81. The third-order valence-electron chi connectivity index (χ3n) is 3.20. The highest BCUT2D eigenvalue weighted by atomic mass is 19.1. The number of rotatable bonds is 4. The van der Waals surface area contributed by atoms with Gasteiger partial charge < -0.3 is 10.0 Å². The third-order valence-corrected chi connectivity index (χ3v) is 3.20. The summed E-state index contributed by atoms with van der Waals surface area (Å²) >= 11 is 0. The van der Waals surface area contributed by atoms with E-state index in [9.17, 15) is 13.9 Å². The van der Waals surface area contributed by atoms with Gasteiger partial charge in [0, 0.05) is 17.8 Å². The van der Waals surface area contributed by atoms with E-state index in [1.165, 1.54) is 19.1 Å². The highest BCUT2D eigenvalue weighted by Gasteiger charge is 2.20. The van der Waals surface area contributed by atoms with Crippen molar-refractivity contribution in [1.82, 2.24) is 0 Å². The number of para-hydroxylation sites is 1. The molecule has 0 aliphatic rings. The fraction of sp³-hybridized carbons (Fsp3) is 0.250. The van der Waals surface area contributed by atoms with E-state index in [1.54, 1.807) is 35.2 Å². The molecule has 2 aromatic rings. The van der Waals surface area contributed by atoms with E-state index in [0.29, 0.717) is 17.9 Å². The van der Waals surface area contributed by atoms with Gasteiger partial charge in [-0.05, 0) is 38.1 Å². The summed E-state index contributed by atoms with van der Waals surface area (Å²) in [6.07, 6.45) is -0.966. The van der Waals surface area contributed by atoms with E-state index in [2.05, 4.69) is 0 Å². The van der Waals surface area contributed by atoms with E-state index >= 15 is 0 Å². The second kappa shape index (κ2) is 6.01. The summed E-state index contributed by atoms with van der Waals surface area (Å²) in [4.78, 5) is 1.65. The Morgan fingerprint density at radius 1 is 1.00 bits per heavy atom. The van der Waals surface area contributed by atoms with E-state index in [4.69, 9.17) is 0 Å². The van der Waals surface area contributed by atoms with Crippen LogP contribution in [0.5, 0.6) is 0 Å². The molecule has 2 aromatic carbocycles. The fourth-order valence-corrected chi connectivity index (χ4v) is 2.32. The first-order valence-corrected chi connectivity index (χ1v) is 6.54. The van der Waals surface area contributed by atoms with Crippen molar-refractivity contribution in [1.29, 1.82) is 0 Å². The number of hydrogen-bond donors (Lipinski definition) is 1. The number of nitrogens with zero attached hydrogens (tertiary/aromatic N) is 1. The Morgan fingerprint density at radius 2 is 1.60 bits per heavy atom. The average Bonchev–Trinajstić information content (AvgIpc) is 2.41. The Balaban J connectivity index is 2.59. The molecule has 2 rings (SSSR count). The van der Waals surface area contributed by atoms with Gasteiger partial charge in [-0.25, -0.2) is 8.78 Å². The van der Waals surface area contributed by atoms with Gasteiger partial charge in [0.25, 0.3) is 0 Å². The number of aliphatic hydroxyl groups excluding tert-OH is 1. The molecule has 0 saturated heterocycles. The highest BCUT2D eigenvalue weighted by Crippen LogP contribution is 2.34. The molecule has 0 heterocycles. The quantitative estimate of drug-likeness (QED) is 0.906. The van der Waals surface area contributed by atoms with Crippen molar-refractivity contribution in [2.24, 2.45) is 0 Å². The van der Waals surface area contributed by atoms with Crippen molar-refractivity contribution < 1.29 is 13.9 Å². The summed E-state index contributed by atoms with van der Waals surface area (Å²) in [7, 11) is 0. The number of aliphatic hydroxyl groups is 1. The maximum Gasteiger partial charge on any atom is 0.146 e. The molecule has 4 heteroatoms. The van der Waals surface area contributed by atoms with E-state index in [1.807, 2.05) is 6.92 Å². The van der Waals surface area contributed by atoms with Crippen LogP contribution < -0.4 is 4.90 Å². The predicted molar refractivity (Wildman–Crippen MR) is 76.1 cm³/mol. The van der Waals surface area contributed by atoms with Crippen molar-refractivity contribution in [3.63, 3.8) is 0 Å². The van der Waals surface area contributed by atoms with Crippen LogP contribution in [0.2, 0.25) is 0 Å². The molecule has 0 bridgehead atoms. The maximum atomic E-state index is 13.9. The summed E-state index contributed by atoms with van der Waals surface area (Å²) in [5, 5.41) is 9.79. The minimum Gasteiger partial charge on any atom is -0.389 e. The van der Waals surface area contributed by atoms with Crippen LogP contribution in [-0.2, 0) is 0 Å². The fourth-order valence-electron chi connectivity index (χ4n) is 2.32. The van der Waals surface area contributed by atoms with Gasteiger partial charge in [0.2, 0.25) is 0 Å². The topological polar surface area (TPSA) is 23.5 Å². The largest absolute Gasteiger partial charge is 0.389 e. The van der Waals surface area contributed by atoms with Crippen LogP contribution in [0.15, 0.2) is 42.5 Å². The third kappa shape index (κ3) is 2.65. The lowest BCUT2D eigenvalue weighted by molar-refractivity contribution is 0.194. The Labute approximate surface area is 117 Å². The van der Waals surface area contributed by atoms with Crippen molar-refractivity contribution in [3.05, 3.63) is 59.7 Å². The molecule has 0 amide bonds. The molecular weight excluding hydrogens is 260 g/mol. The van der Waals surface area contributed by atoms with Crippen LogP contribution in [0.1, 0.15) is 25.5 Å². The molecule has 20 heavy (non-hydrogen) atoms. The number of anilines is 2. The lowest BCUT2D eigenvalue weighted by Crippen LogP contribution is -2.20. The van der Waals surface area contributed by atoms with Gasteiger partial charge in [0.1, 0.15) is 11.6 Å². The Morgan fingerprint density at radius 3 is 2.20 bits per heavy atom. The molecule has 1 atom stereocenters. The summed E-state index contributed by atoms with van der Waals surface area (Å²) in [6, 6.07) is 10.9. The molecule has 106 valence electrons. The van der Waals surface area contributed by atoms with Gasteiger partial charge in [0.05, 0.1) is 11.8 Å². The van der Waals surface area contributed by atoms with Gasteiger partial charge in [0.15, 0.2) is 0 Å². The van der Waals surface area contributed by atoms with E-state index in [-0.39, 0.29) is 11.4 Å². The standard InChI is InChI=1S/C16H17F2NO/c1-3-19(14-9-5-4-7-12(14)17)15-10-6-8-13(18)16(15)11(2)20/h4-11,20H,3H2,1-2H3. The molecule has 1 unspecified atom stereocenters. The average molecular weight is 277 g/mol. The lowest BCUT2D eigenvalue weighted by atomic mass is 10.1. The second-order valence-electron chi connectivity index (χ2n) is 4.54. The summed E-state index contributed by atoms with van der Waals surface area (Å²) < 4.78 is 27.9. The van der Waals surface area contributed by atoms with Crippen molar-refractivity contribution >= 4 is 11.4 Å². The molecule has 0 fully saturated rings. The van der Waals surface area contributed by atoms with Crippen LogP contribution in [0, 0.1) is 11.6 Å². The minimum atomic E-state index is -0.966. The molecule has 0 radical (unpaired) electrons. The number of benzene rings is 2. The molecule has 0 spiro atoms. The van der Waals surface area contributed by atoms with Crippen molar-refractivity contribution in [2.45, 2.75) is 20.0 Å². The molecular formula is C16H17F2NO. The summed E-state index contributed by atoms with van der Waals surface area (Å²) in [5.41, 5.74) is 1.02. The zero-order valence-corrected chi connectivity index (χ0v) is 11.5. The molecule has 2 nitrogen and oxygen atoms in total. The predicted octanol–water partition coefficient (Wildman–Crippen LogP) is 4.18. The second-order valence-corrected chi connectivity index (χ2v) is 4.54. The zero-order chi connectivity index (χ0) is 14.7. The van der Waals surface area contributed by atoms with Gasteiger partial charge in [-0.15, -0.1) is 0 Å². The molecule has 0 aromatic heterocycles. The van der Waals surface area contributed by atoms with Crippen LogP contribution in [0.25, 0.3) is 0 Å². The van der Waals surface area contributed by atoms with Crippen molar-refractivity contribution in [2.75, 3.05) is 11.4 Å². The first-order chi connectivity index (χ1) is 9.56. The van der Waals surface area contributed by atoms with E-state index < -0.39 is 11.9 Å². The highest BCUT2D eigenvalue weighted by molar-refractivity contribution is 5.67. The van der Waals surface area contributed by atoms with Gasteiger partial charge in [-0.3, -0.25) is 0 Å². The maximum absolute atomic E-state index is 13.9. The van der Waals surface area contributed by atoms with Crippen LogP contribution in [-0.4, -0.2) is 11.7 Å². The first kappa shape index (κ1) is 14.5. The van der Waals surface area contributed by atoms with Crippen LogP contribution >= 0.6 is 0 Å². The summed E-state index contributed by atoms with van der Waals surface area (Å²) in [5.74, 6) is -0.873. The van der Waals surface area contributed by atoms with Gasteiger partial charge in [-0.2, -0.15) is 0 Å². The monoisotopic (exact) mass is 277 g/mol. The SMILES string of the molecule is CCN(c1ccccc1F)c1cccc(F)c1C(C)O. The number of halogens is 2. The van der Waals surface area contributed by atoms with Gasteiger partial charge in [-0.1, -0.05) is 18.2 Å². The number of hydrogen-bond acceptors (Lipinski definition) is 2. The Bertz CT molecular complexity index is 599. The van der Waals surface area contributed by atoms with E-state index in [0.717, 1.165) is 0 Å². The molecule has 0 saturated carbocycles. The Hall–Kier alpha value is -1.94. The minimum absolute atomic E-state index is 0.178. The van der Waals surface area contributed by atoms with Gasteiger partial charge >= 0.3 is 0 Å². The lowest BCUT2D eigenvalue weighted by Gasteiger charge is -2.27. The van der Waals surface area contributed by atoms with Crippen molar-refractivity contribution in [3.8, 4) is 0 Å². The molecule has 0 aliphatic heterocycles. The molecule has 1 N–H and O–H groups in total.